The van der Waals surface area contributed by atoms with Crippen molar-refractivity contribution < 1.29 is 23.0 Å². The molecule has 0 aliphatic carbocycles. The zero-order valence-electron chi connectivity index (χ0n) is 17.6. The molecule has 0 radical (unpaired) electrons. The third-order valence-electron chi connectivity index (χ3n) is 4.28. The first-order valence-corrected chi connectivity index (χ1v) is 11.1. The molecule has 0 spiro atoms. The molecule has 7 nitrogen and oxygen atoms in total. The van der Waals surface area contributed by atoms with E-state index in [9.17, 15) is 13.5 Å². The number of methoxy groups -OCH3 is 1. The highest BCUT2D eigenvalue weighted by atomic mass is 32.2. The van der Waals surface area contributed by atoms with Crippen LogP contribution in [0.15, 0.2) is 66.1 Å². The zero-order valence-corrected chi connectivity index (χ0v) is 18.4. The molecule has 0 bridgehead atoms. The molecule has 0 aromatic heterocycles. The maximum atomic E-state index is 13.5. The van der Waals surface area contributed by atoms with Crippen LogP contribution in [0.5, 0.6) is 11.5 Å². The van der Waals surface area contributed by atoms with Gasteiger partial charge in [-0.05, 0) is 36.4 Å². The summed E-state index contributed by atoms with van der Waals surface area (Å²) in [7, 11) is -2.46. The second-order valence-electron chi connectivity index (χ2n) is 7.00. The van der Waals surface area contributed by atoms with E-state index in [1.165, 1.54) is 23.5 Å². The maximum absolute atomic E-state index is 13.5. The Bertz CT molecular complexity index is 913. The Balaban J connectivity index is 2.46. The second-order valence-corrected chi connectivity index (χ2v) is 8.86. The number of benzene rings is 2. The number of anilines is 1. The molecule has 2 aromatic carbocycles. The average molecular weight is 435 g/mol. The molecule has 2 aromatic rings. The van der Waals surface area contributed by atoms with Crippen LogP contribution in [-0.2, 0) is 10.0 Å². The number of nitrogens with one attached hydrogen (secondary N) is 1. The molecule has 8 heteroatoms. The lowest BCUT2D eigenvalue weighted by atomic mass is 10.2. The molecule has 2 N–H and O–H groups in total. The fourth-order valence-corrected chi connectivity index (χ4v) is 4.28. The van der Waals surface area contributed by atoms with Crippen LogP contribution in [0.2, 0.25) is 0 Å². The number of aliphatic hydroxyl groups is 1. The van der Waals surface area contributed by atoms with Gasteiger partial charge < -0.3 is 19.9 Å². The van der Waals surface area contributed by atoms with Crippen molar-refractivity contribution in [3.8, 4) is 11.5 Å². The van der Waals surface area contributed by atoms with Crippen LogP contribution in [0.25, 0.3) is 0 Å². The number of para-hydroxylation sites is 2. The summed E-state index contributed by atoms with van der Waals surface area (Å²) in [6.07, 6.45) is 0.661. The smallest absolute Gasteiger partial charge is 0.264 e. The molecule has 1 atom stereocenters. The molecule has 1 unspecified atom stereocenters. The van der Waals surface area contributed by atoms with Crippen molar-refractivity contribution in [3.05, 3.63) is 61.2 Å². The minimum atomic E-state index is -3.98. The van der Waals surface area contributed by atoms with E-state index >= 15 is 0 Å². The van der Waals surface area contributed by atoms with Crippen LogP contribution in [0, 0.1) is 0 Å². The van der Waals surface area contributed by atoms with E-state index in [-0.39, 0.29) is 30.6 Å². The molecule has 0 fully saturated rings. The molecule has 0 saturated carbocycles. The Kier molecular flexibility index (Phi) is 8.71. The summed E-state index contributed by atoms with van der Waals surface area (Å²) in [6, 6.07) is 13.1. The van der Waals surface area contributed by atoms with Gasteiger partial charge in [-0.2, -0.15) is 0 Å². The number of aliphatic hydroxyl groups excluding tert-OH is 1. The van der Waals surface area contributed by atoms with Crippen molar-refractivity contribution in [2.45, 2.75) is 30.9 Å². The molecule has 0 aliphatic heterocycles. The van der Waals surface area contributed by atoms with Gasteiger partial charge in [0.25, 0.3) is 10.0 Å². The highest BCUT2D eigenvalue weighted by Gasteiger charge is 2.29. The summed E-state index contributed by atoms with van der Waals surface area (Å²) in [5.74, 6) is 0.940. The molecule has 164 valence electrons. The fourth-order valence-electron chi connectivity index (χ4n) is 2.76. The lowest BCUT2D eigenvalue weighted by molar-refractivity contribution is 0.177. The molecular formula is C22H30N2O5S. The highest BCUT2D eigenvalue weighted by Crippen LogP contribution is 2.33. The average Bonchev–Trinajstić information content (AvgIpc) is 2.74. The van der Waals surface area contributed by atoms with Crippen LogP contribution in [0.3, 0.4) is 0 Å². The van der Waals surface area contributed by atoms with Gasteiger partial charge >= 0.3 is 0 Å². The zero-order chi connectivity index (χ0) is 22.1. The molecule has 0 aliphatic rings. The topological polar surface area (TPSA) is 88.1 Å². The quantitative estimate of drug-likeness (QED) is 0.500. The van der Waals surface area contributed by atoms with Gasteiger partial charge in [-0.1, -0.05) is 38.6 Å². The summed E-state index contributed by atoms with van der Waals surface area (Å²) in [5.41, 5.74) is 0.346. The Morgan fingerprint density at radius 1 is 1.17 bits per heavy atom. The Labute approximate surface area is 179 Å². The van der Waals surface area contributed by atoms with Crippen LogP contribution in [-0.4, -0.2) is 52.5 Å². The lowest BCUT2D eigenvalue weighted by Gasteiger charge is -2.28. The van der Waals surface area contributed by atoms with E-state index in [4.69, 9.17) is 9.47 Å². The van der Waals surface area contributed by atoms with Crippen LogP contribution in [0.4, 0.5) is 5.69 Å². The number of nitrogens with zero attached hydrogens (tertiary/aromatic N) is 1. The summed E-state index contributed by atoms with van der Waals surface area (Å²) >= 11 is 0. The van der Waals surface area contributed by atoms with E-state index in [2.05, 4.69) is 11.9 Å². The van der Waals surface area contributed by atoms with Crippen molar-refractivity contribution in [2.24, 2.45) is 0 Å². The fraction of sp³-hybridized carbons (Fsp3) is 0.364. The minimum absolute atomic E-state index is 0.0887. The SMILES string of the molecule is C=CCOc1ccccc1N(CC(O)CNC(C)C)S(=O)(=O)c1ccc(OC)cc1. The largest absolute Gasteiger partial charge is 0.497 e. The first kappa shape index (κ1) is 23.7. The summed E-state index contributed by atoms with van der Waals surface area (Å²) in [6.45, 7) is 7.89. The van der Waals surface area contributed by atoms with Gasteiger partial charge in [0.1, 0.15) is 18.1 Å². The third kappa shape index (κ3) is 6.22. The van der Waals surface area contributed by atoms with Gasteiger partial charge in [0, 0.05) is 12.6 Å². The summed E-state index contributed by atoms with van der Waals surface area (Å²) < 4.78 is 39.0. The minimum Gasteiger partial charge on any atom is -0.497 e. The van der Waals surface area contributed by atoms with E-state index in [0.29, 0.717) is 17.2 Å². The van der Waals surface area contributed by atoms with Crippen molar-refractivity contribution in [1.29, 1.82) is 0 Å². The number of sulfonamides is 1. The predicted molar refractivity (Wildman–Crippen MR) is 119 cm³/mol. The maximum Gasteiger partial charge on any atom is 0.264 e. The van der Waals surface area contributed by atoms with E-state index in [0.717, 1.165) is 0 Å². The van der Waals surface area contributed by atoms with Gasteiger partial charge in [0.2, 0.25) is 0 Å². The van der Waals surface area contributed by atoms with Crippen molar-refractivity contribution in [1.82, 2.24) is 5.32 Å². The van der Waals surface area contributed by atoms with E-state index in [1.54, 1.807) is 42.5 Å². The number of ether oxygens (including phenoxy) is 2. The number of hydrogen-bond acceptors (Lipinski definition) is 6. The molecule has 2 rings (SSSR count). The van der Waals surface area contributed by atoms with E-state index in [1.807, 2.05) is 13.8 Å². The lowest BCUT2D eigenvalue weighted by Crippen LogP contribution is -2.43. The second kappa shape index (κ2) is 11.0. The van der Waals surface area contributed by atoms with Crippen molar-refractivity contribution in [2.75, 3.05) is 31.1 Å². The highest BCUT2D eigenvalue weighted by molar-refractivity contribution is 7.92. The van der Waals surface area contributed by atoms with Gasteiger partial charge in [-0.25, -0.2) is 8.42 Å². The van der Waals surface area contributed by atoms with Gasteiger partial charge in [0.15, 0.2) is 0 Å². The van der Waals surface area contributed by atoms with Crippen LogP contribution < -0.4 is 19.1 Å². The van der Waals surface area contributed by atoms with Crippen molar-refractivity contribution >= 4 is 15.7 Å². The number of hydrogen-bond donors (Lipinski definition) is 2. The molecule has 0 saturated heterocycles. The summed E-state index contributed by atoms with van der Waals surface area (Å²) in [5, 5.41) is 13.7. The standard InChI is InChI=1S/C22H30N2O5S/c1-5-14-29-22-9-7-6-8-21(22)24(16-18(25)15-23-17(2)3)30(26,27)20-12-10-19(28-4)11-13-20/h5-13,17-18,23,25H,1,14-16H2,2-4H3. The van der Waals surface area contributed by atoms with Gasteiger partial charge in [0.05, 0.1) is 30.3 Å². The molecular weight excluding hydrogens is 404 g/mol. The first-order chi connectivity index (χ1) is 14.3. The van der Waals surface area contributed by atoms with Gasteiger partial charge in [-0.3, -0.25) is 4.31 Å². The third-order valence-corrected chi connectivity index (χ3v) is 6.07. The van der Waals surface area contributed by atoms with Crippen LogP contribution in [0.1, 0.15) is 13.8 Å². The Morgan fingerprint density at radius 2 is 1.83 bits per heavy atom. The molecule has 30 heavy (non-hydrogen) atoms. The Morgan fingerprint density at radius 3 is 2.43 bits per heavy atom. The molecule has 0 amide bonds. The van der Waals surface area contributed by atoms with E-state index < -0.39 is 16.1 Å². The normalized spacial score (nSPS) is 12.4. The first-order valence-electron chi connectivity index (χ1n) is 9.70. The monoisotopic (exact) mass is 434 g/mol. The van der Waals surface area contributed by atoms with Crippen LogP contribution >= 0.6 is 0 Å². The predicted octanol–water partition coefficient (Wildman–Crippen LogP) is 2.81. The van der Waals surface area contributed by atoms with Gasteiger partial charge in [-0.15, -0.1) is 0 Å². The molecule has 0 heterocycles. The number of rotatable bonds is 12. The summed E-state index contributed by atoms with van der Waals surface area (Å²) in [4.78, 5) is 0.0887. The Hall–Kier alpha value is -2.55. The van der Waals surface area contributed by atoms with Crippen molar-refractivity contribution in [3.63, 3.8) is 0 Å².